The van der Waals surface area contributed by atoms with Crippen molar-refractivity contribution in [2.75, 3.05) is 19.6 Å². The molecule has 0 aliphatic carbocycles. The first-order valence-corrected chi connectivity index (χ1v) is 5.41. The first kappa shape index (κ1) is 12.9. The van der Waals surface area contributed by atoms with Crippen LogP contribution in [0.5, 0.6) is 0 Å². The van der Waals surface area contributed by atoms with Gasteiger partial charge in [0.05, 0.1) is 6.54 Å². The number of rotatable bonds is 5. The van der Waals surface area contributed by atoms with E-state index in [4.69, 9.17) is 15.9 Å². The normalized spacial score (nSPS) is 20.6. The molecule has 1 rings (SSSR count). The summed E-state index contributed by atoms with van der Waals surface area (Å²) in [6.45, 7) is 1.49. The first-order valence-electron chi connectivity index (χ1n) is 5.41. The summed E-state index contributed by atoms with van der Waals surface area (Å²) in [6.07, 6.45) is 2.14. The van der Waals surface area contributed by atoms with Crippen LogP contribution in [0.25, 0.3) is 0 Å². The van der Waals surface area contributed by atoms with Crippen molar-refractivity contribution < 1.29 is 19.8 Å². The smallest absolute Gasteiger partial charge is 0.320 e. The second-order valence-corrected chi connectivity index (χ2v) is 4.29. The molecular formula is C10H18N2O4. The highest BCUT2D eigenvalue weighted by Crippen LogP contribution is 2.21. The van der Waals surface area contributed by atoms with Crippen molar-refractivity contribution in [1.29, 1.82) is 0 Å². The van der Waals surface area contributed by atoms with E-state index in [0.717, 1.165) is 12.8 Å². The lowest BCUT2D eigenvalue weighted by Crippen LogP contribution is -2.40. The molecule has 4 N–H and O–H groups in total. The number of nitrogens with zero attached hydrogens (tertiary/aromatic N) is 1. The van der Waals surface area contributed by atoms with Crippen LogP contribution in [0.1, 0.15) is 19.3 Å². The predicted molar refractivity (Wildman–Crippen MR) is 57.0 cm³/mol. The molecule has 1 atom stereocenters. The Labute approximate surface area is 94.0 Å². The Kier molecular flexibility index (Phi) is 4.70. The van der Waals surface area contributed by atoms with Gasteiger partial charge in [-0.1, -0.05) is 0 Å². The largest absolute Gasteiger partial charge is 0.480 e. The Bertz CT molecular complexity index is 262. The van der Waals surface area contributed by atoms with Crippen LogP contribution >= 0.6 is 0 Å². The Morgan fingerprint density at radius 1 is 1.31 bits per heavy atom. The summed E-state index contributed by atoms with van der Waals surface area (Å²) in [6, 6.07) is -0.795. The van der Waals surface area contributed by atoms with Gasteiger partial charge in [-0.2, -0.15) is 0 Å². The van der Waals surface area contributed by atoms with Gasteiger partial charge in [0.1, 0.15) is 6.04 Å². The summed E-state index contributed by atoms with van der Waals surface area (Å²) in [4.78, 5) is 22.9. The van der Waals surface area contributed by atoms with Crippen LogP contribution in [0.3, 0.4) is 0 Å². The molecule has 0 aromatic heterocycles. The van der Waals surface area contributed by atoms with E-state index in [1.54, 1.807) is 0 Å². The zero-order valence-corrected chi connectivity index (χ0v) is 9.13. The Morgan fingerprint density at radius 2 is 1.88 bits per heavy atom. The molecule has 1 fully saturated rings. The molecule has 0 spiro atoms. The number of hydrogen-bond donors (Lipinski definition) is 3. The van der Waals surface area contributed by atoms with Crippen LogP contribution in [0.2, 0.25) is 0 Å². The quantitative estimate of drug-likeness (QED) is 0.593. The van der Waals surface area contributed by atoms with Crippen molar-refractivity contribution in [3.63, 3.8) is 0 Å². The SMILES string of the molecule is N[C@H](CC1CCN(CC(=O)O)CC1)C(=O)O. The summed E-state index contributed by atoms with van der Waals surface area (Å²) < 4.78 is 0. The minimum Gasteiger partial charge on any atom is -0.480 e. The topological polar surface area (TPSA) is 104 Å². The first-order chi connectivity index (χ1) is 7.49. The number of likely N-dealkylation sites (tertiary alicyclic amines) is 1. The van der Waals surface area contributed by atoms with Gasteiger partial charge in [-0.3, -0.25) is 14.5 Å². The molecule has 0 unspecified atom stereocenters. The monoisotopic (exact) mass is 230 g/mol. The van der Waals surface area contributed by atoms with Crippen molar-refractivity contribution in [2.24, 2.45) is 11.7 Å². The molecule has 0 amide bonds. The average Bonchev–Trinajstić information content (AvgIpc) is 2.20. The molecule has 1 saturated heterocycles. The number of piperidine rings is 1. The van der Waals surface area contributed by atoms with E-state index < -0.39 is 18.0 Å². The van der Waals surface area contributed by atoms with Crippen molar-refractivity contribution in [1.82, 2.24) is 4.90 Å². The molecule has 0 saturated carbocycles. The van der Waals surface area contributed by atoms with Crippen LogP contribution in [0.15, 0.2) is 0 Å². The molecule has 0 aromatic carbocycles. The number of carboxylic acid groups (broad SMARTS) is 2. The van der Waals surface area contributed by atoms with E-state index in [1.807, 2.05) is 4.90 Å². The lowest BCUT2D eigenvalue weighted by molar-refractivity contribution is -0.139. The number of hydrogen-bond acceptors (Lipinski definition) is 4. The minimum atomic E-state index is -0.965. The van der Waals surface area contributed by atoms with Crippen LogP contribution in [0, 0.1) is 5.92 Å². The van der Waals surface area contributed by atoms with Crippen LogP contribution in [-0.4, -0.2) is 52.7 Å². The van der Waals surface area contributed by atoms with Gasteiger partial charge < -0.3 is 15.9 Å². The standard InChI is InChI=1S/C10H18N2O4/c11-8(10(15)16)5-7-1-3-12(4-2-7)6-9(13)14/h7-8H,1-6,11H2,(H,13,14)(H,15,16)/t8-/m1/s1. The van der Waals surface area contributed by atoms with Crippen LogP contribution < -0.4 is 5.73 Å². The van der Waals surface area contributed by atoms with Crippen molar-refractivity contribution in [2.45, 2.75) is 25.3 Å². The maximum Gasteiger partial charge on any atom is 0.320 e. The molecule has 6 heteroatoms. The summed E-state index contributed by atoms with van der Waals surface area (Å²) in [7, 11) is 0. The summed E-state index contributed by atoms with van der Waals surface area (Å²) in [5.74, 6) is -1.48. The molecule has 1 aliphatic rings. The van der Waals surface area contributed by atoms with Gasteiger partial charge in [0, 0.05) is 0 Å². The lowest BCUT2D eigenvalue weighted by Gasteiger charge is -2.31. The van der Waals surface area contributed by atoms with Crippen molar-refractivity contribution >= 4 is 11.9 Å². The van der Waals surface area contributed by atoms with E-state index in [9.17, 15) is 9.59 Å². The number of carbonyl (C=O) groups is 2. The fraction of sp³-hybridized carbons (Fsp3) is 0.800. The second kappa shape index (κ2) is 5.81. The fourth-order valence-electron chi connectivity index (χ4n) is 2.03. The molecule has 16 heavy (non-hydrogen) atoms. The molecule has 1 aliphatic heterocycles. The van der Waals surface area contributed by atoms with Gasteiger partial charge in [-0.25, -0.2) is 0 Å². The maximum absolute atomic E-state index is 10.6. The molecular weight excluding hydrogens is 212 g/mol. The Balaban J connectivity index is 2.26. The van der Waals surface area contributed by atoms with Crippen LogP contribution in [0.4, 0.5) is 0 Å². The summed E-state index contributed by atoms with van der Waals surface area (Å²) >= 11 is 0. The Morgan fingerprint density at radius 3 is 2.31 bits per heavy atom. The van der Waals surface area contributed by atoms with Gasteiger partial charge in [-0.15, -0.1) is 0 Å². The zero-order chi connectivity index (χ0) is 12.1. The molecule has 92 valence electrons. The second-order valence-electron chi connectivity index (χ2n) is 4.29. The number of carboxylic acids is 2. The van der Waals surface area contributed by atoms with E-state index >= 15 is 0 Å². The van der Waals surface area contributed by atoms with Crippen molar-refractivity contribution in [3.8, 4) is 0 Å². The van der Waals surface area contributed by atoms with Gasteiger partial charge in [0.2, 0.25) is 0 Å². The van der Waals surface area contributed by atoms with E-state index in [2.05, 4.69) is 0 Å². The average molecular weight is 230 g/mol. The van der Waals surface area contributed by atoms with E-state index in [1.165, 1.54) is 0 Å². The van der Waals surface area contributed by atoms with Gasteiger partial charge >= 0.3 is 11.9 Å². The lowest BCUT2D eigenvalue weighted by atomic mass is 9.90. The number of aliphatic carboxylic acids is 2. The summed E-state index contributed by atoms with van der Waals surface area (Å²) in [5.41, 5.74) is 5.46. The van der Waals surface area contributed by atoms with Gasteiger partial charge in [0.15, 0.2) is 0 Å². The highest BCUT2D eigenvalue weighted by molar-refractivity contribution is 5.73. The Hall–Kier alpha value is -1.14. The van der Waals surface area contributed by atoms with Crippen molar-refractivity contribution in [3.05, 3.63) is 0 Å². The third-order valence-electron chi connectivity index (χ3n) is 2.97. The third-order valence-corrected chi connectivity index (χ3v) is 2.97. The van der Waals surface area contributed by atoms with E-state index in [0.29, 0.717) is 25.4 Å². The molecule has 1 heterocycles. The molecule has 0 aromatic rings. The molecule has 6 nitrogen and oxygen atoms in total. The number of nitrogens with two attached hydrogens (primary N) is 1. The predicted octanol–water partition coefficient (Wildman–Crippen LogP) is -0.415. The van der Waals surface area contributed by atoms with Gasteiger partial charge in [-0.05, 0) is 38.3 Å². The highest BCUT2D eigenvalue weighted by Gasteiger charge is 2.24. The van der Waals surface area contributed by atoms with E-state index in [-0.39, 0.29) is 6.54 Å². The zero-order valence-electron chi connectivity index (χ0n) is 9.13. The molecule has 0 bridgehead atoms. The van der Waals surface area contributed by atoms with Gasteiger partial charge in [0.25, 0.3) is 0 Å². The van der Waals surface area contributed by atoms with Crippen LogP contribution in [-0.2, 0) is 9.59 Å². The maximum atomic E-state index is 10.6. The third kappa shape index (κ3) is 4.16. The summed E-state index contributed by atoms with van der Waals surface area (Å²) in [5, 5.41) is 17.3. The fourth-order valence-corrected chi connectivity index (χ4v) is 2.03. The minimum absolute atomic E-state index is 0.0672. The molecule has 0 radical (unpaired) electrons. The highest BCUT2D eigenvalue weighted by atomic mass is 16.4.